The molecule has 37 heavy (non-hydrogen) atoms. The van der Waals surface area contributed by atoms with Crippen LogP contribution in [0, 0.1) is 0 Å². The molecule has 0 bridgehead atoms. The van der Waals surface area contributed by atoms with Crippen LogP contribution in [0.4, 0.5) is 0 Å². The topological polar surface area (TPSA) is 150 Å². The molecule has 1 atom stereocenters. The molecule has 0 saturated carbocycles. The van der Waals surface area contributed by atoms with Crippen molar-refractivity contribution in [1.82, 2.24) is 15.5 Å². The number of fused-ring (bicyclic) bond motifs is 1. The van der Waals surface area contributed by atoms with Gasteiger partial charge in [0, 0.05) is 27.1 Å². The number of ether oxygens (including phenoxy) is 4. The normalized spacial score (nSPS) is 12.8. The van der Waals surface area contributed by atoms with E-state index in [1.165, 1.54) is 25.2 Å². The molecule has 0 fully saturated rings. The molecule has 0 saturated heterocycles. The van der Waals surface area contributed by atoms with E-state index >= 15 is 0 Å². The highest BCUT2D eigenvalue weighted by Gasteiger charge is 2.44. The number of carbonyl (C=O) groups is 5. The first kappa shape index (κ1) is 31.7. The first-order valence-corrected chi connectivity index (χ1v) is 12.2. The summed E-state index contributed by atoms with van der Waals surface area (Å²) in [4.78, 5) is 62.0. The molecule has 12 nitrogen and oxygen atoms in total. The summed E-state index contributed by atoms with van der Waals surface area (Å²) in [7, 11) is 2.97. The summed E-state index contributed by atoms with van der Waals surface area (Å²) in [5.74, 6) is -2.34. The van der Waals surface area contributed by atoms with Gasteiger partial charge in [0.1, 0.15) is 18.1 Å². The van der Waals surface area contributed by atoms with Crippen molar-refractivity contribution in [1.29, 1.82) is 0 Å². The van der Waals surface area contributed by atoms with Crippen LogP contribution >= 0.6 is 0 Å². The Bertz CT molecular complexity index is 907. The molecule has 1 unspecified atom stereocenters. The van der Waals surface area contributed by atoms with E-state index in [4.69, 9.17) is 18.9 Å². The van der Waals surface area contributed by atoms with Gasteiger partial charge >= 0.3 is 0 Å². The van der Waals surface area contributed by atoms with Gasteiger partial charge in [-0.15, -0.1) is 0 Å². The SMILES string of the molecule is CC.CNC(=O)C(CCC=O)N1C(=O)c2cccc(OCC(=O)NCCOCCOCCOC)c2C1=O. The van der Waals surface area contributed by atoms with E-state index in [1.54, 1.807) is 7.11 Å². The average Bonchev–Trinajstić information content (AvgIpc) is 3.17. The smallest absolute Gasteiger partial charge is 0.266 e. The third-order valence-corrected chi connectivity index (χ3v) is 5.06. The fourth-order valence-electron chi connectivity index (χ4n) is 3.37. The van der Waals surface area contributed by atoms with Gasteiger partial charge in [-0.1, -0.05) is 19.9 Å². The number of rotatable bonds is 17. The summed E-state index contributed by atoms with van der Waals surface area (Å²) in [6.45, 7) is 5.93. The molecule has 4 amide bonds. The van der Waals surface area contributed by atoms with Crippen molar-refractivity contribution >= 4 is 29.9 Å². The quantitative estimate of drug-likeness (QED) is 0.170. The maximum absolute atomic E-state index is 13.1. The van der Waals surface area contributed by atoms with Gasteiger partial charge in [0.25, 0.3) is 17.7 Å². The number of aldehydes is 1. The number of hydrogen-bond acceptors (Lipinski definition) is 9. The van der Waals surface area contributed by atoms with Gasteiger partial charge in [0.2, 0.25) is 5.91 Å². The van der Waals surface area contributed by atoms with Gasteiger partial charge in [0.15, 0.2) is 6.61 Å². The molecule has 206 valence electrons. The highest BCUT2D eigenvalue weighted by atomic mass is 16.5. The van der Waals surface area contributed by atoms with Gasteiger partial charge in [-0.3, -0.25) is 24.1 Å². The van der Waals surface area contributed by atoms with E-state index in [0.29, 0.717) is 32.7 Å². The van der Waals surface area contributed by atoms with Crippen LogP contribution in [0.25, 0.3) is 0 Å². The molecule has 12 heteroatoms. The van der Waals surface area contributed by atoms with Crippen LogP contribution in [0.15, 0.2) is 18.2 Å². The Labute approximate surface area is 216 Å². The number of carbonyl (C=O) groups excluding carboxylic acids is 5. The molecular formula is C25H37N3O9. The largest absolute Gasteiger partial charge is 0.483 e. The zero-order valence-electron chi connectivity index (χ0n) is 21.9. The minimum atomic E-state index is -1.14. The molecule has 1 aliphatic rings. The molecule has 0 aliphatic carbocycles. The molecule has 0 radical (unpaired) electrons. The predicted octanol–water partition coefficient (Wildman–Crippen LogP) is 0.577. The van der Waals surface area contributed by atoms with Gasteiger partial charge in [0.05, 0.1) is 44.2 Å². The predicted molar refractivity (Wildman–Crippen MR) is 133 cm³/mol. The average molecular weight is 524 g/mol. The van der Waals surface area contributed by atoms with Crippen molar-refractivity contribution in [3.05, 3.63) is 29.3 Å². The third kappa shape index (κ3) is 9.56. The van der Waals surface area contributed by atoms with E-state index in [0.717, 1.165) is 4.90 Å². The van der Waals surface area contributed by atoms with Crippen LogP contribution in [-0.4, -0.2) is 101 Å². The number of likely N-dealkylation sites (N-methyl/N-ethyl adjacent to an activating group) is 1. The molecule has 0 aromatic heterocycles. The maximum Gasteiger partial charge on any atom is 0.266 e. The molecular weight excluding hydrogens is 486 g/mol. The summed E-state index contributed by atoms with van der Waals surface area (Å²) < 4.78 is 21.0. The van der Waals surface area contributed by atoms with Crippen molar-refractivity contribution in [2.75, 3.05) is 60.3 Å². The van der Waals surface area contributed by atoms with Crippen LogP contribution in [0.1, 0.15) is 47.4 Å². The zero-order chi connectivity index (χ0) is 27.6. The Kier molecular flexibility index (Phi) is 15.4. The first-order chi connectivity index (χ1) is 18.0. The standard InChI is InChI=1S/C23H31N3O9.C2H6/c1-24-21(29)17(6-4-9-27)26-22(30)16-5-3-7-18(20(16)23(26)31)35-15-19(28)25-8-10-33-13-14-34-12-11-32-2;1-2/h3,5,7,9,17H,4,6,8,10-15H2,1-2H3,(H,24,29)(H,25,28);1-2H3. The Morgan fingerprint density at radius 3 is 2.35 bits per heavy atom. The number of imide groups is 1. The van der Waals surface area contributed by atoms with E-state index in [2.05, 4.69) is 10.6 Å². The Morgan fingerprint density at radius 2 is 1.70 bits per heavy atom. The van der Waals surface area contributed by atoms with E-state index in [1.807, 2.05) is 13.8 Å². The van der Waals surface area contributed by atoms with Crippen molar-refractivity contribution in [2.24, 2.45) is 0 Å². The molecule has 1 aromatic rings. The fraction of sp³-hybridized carbons (Fsp3) is 0.560. The molecule has 1 heterocycles. The molecule has 2 N–H and O–H groups in total. The molecule has 1 aliphatic heterocycles. The van der Waals surface area contributed by atoms with Gasteiger partial charge in [-0.2, -0.15) is 0 Å². The highest BCUT2D eigenvalue weighted by Crippen LogP contribution is 2.33. The lowest BCUT2D eigenvalue weighted by molar-refractivity contribution is -0.125. The number of methoxy groups -OCH3 is 1. The van der Waals surface area contributed by atoms with Crippen LogP contribution in [0.2, 0.25) is 0 Å². The summed E-state index contributed by atoms with van der Waals surface area (Å²) in [5.41, 5.74) is 0.0381. The second-order valence-corrected chi connectivity index (χ2v) is 7.39. The second kappa shape index (κ2) is 18.0. The van der Waals surface area contributed by atoms with Gasteiger partial charge in [-0.05, 0) is 18.6 Å². The van der Waals surface area contributed by atoms with Crippen molar-refractivity contribution in [3.8, 4) is 5.75 Å². The summed E-state index contributed by atoms with van der Waals surface area (Å²) >= 11 is 0. The lowest BCUT2D eigenvalue weighted by Gasteiger charge is -2.24. The van der Waals surface area contributed by atoms with Crippen molar-refractivity contribution < 1.29 is 42.9 Å². The Hall–Kier alpha value is -3.35. The van der Waals surface area contributed by atoms with Crippen LogP contribution in [0.5, 0.6) is 5.75 Å². The van der Waals surface area contributed by atoms with Gasteiger partial charge < -0.3 is 34.4 Å². The first-order valence-electron chi connectivity index (χ1n) is 12.2. The number of nitrogens with one attached hydrogen (secondary N) is 2. The lowest BCUT2D eigenvalue weighted by atomic mass is 10.1. The molecule has 1 aromatic carbocycles. The fourth-order valence-corrected chi connectivity index (χ4v) is 3.37. The summed E-state index contributed by atoms with van der Waals surface area (Å²) in [6, 6.07) is 3.29. The maximum atomic E-state index is 13.1. The molecule has 2 rings (SSSR count). The summed E-state index contributed by atoms with van der Waals surface area (Å²) in [5, 5.41) is 5.04. The number of amides is 4. The van der Waals surface area contributed by atoms with E-state index in [-0.39, 0.29) is 49.5 Å². The third-order valence-electron chi connectivity index (χ3n) is 5.06. The van der Waals surface area contributed by atoms with E-state index in [9.17, 15) is 24.0 Å². The second-order valence-electron chi connectivity index (χ2n) is 7.39. The number of nitrogens with zero attached hydrogens (tertiary/aromatic N) is 1. The van der Waals surface area contributed by atoms with Crippen molar-refractivity contribution in [3.63, 3.8) is 0 Å². The highest BCUT2D eigenvalue weighted by molar-refractivity contribution is 6.24. The monoisotopic (exact) mass is 523 g/mol. The van der Waals surface area contributed by atoms with Crippen LogP contribution < -0.4 is 15.4 Å². The summed E-state index contributed by atoms with van der Waals surface area (Å²) in [6.07, 6.45) is 0.608. The van der Waals surface area contributed by atoms with Crippen LogP contribution in [0.3, 0.4) is 0 Å². The minimum absolute atomic E-state index is 0.000421. The minimum Gasteiger partial charge on any atom is -0.483 e. The van der Waals surface area contributed by atoms with E-state index < -0.39 is 29.7 Å². The van der Waals surface area contributed by atoms with Crippen LogP contribution in [-0.2, 0) is 28.6 Å². The Morgan fingerprint density at radius 1 is 1.03 bits per heavy atom. The molecule has 0 spiro atoms. The van der Waals surface area contributed by atoms with Crippen molar-refractivity contribution in [2.45, 2.75) is 32.7 Å². The zero-order valence-corrected chi connectivity index (χ0v) is 21.9. The number of benzene rings is 1. The lowest BCUT2D eigenvalue weighted by Crippen LogP contribution is -2.48. The van der Waals surface area contributed by atoms with Gasteiger partial charge in [-0.25, -0.2) is 0 Å². The number of hydrogen-bond donors (Lipinski definition) is 2. The Balaban J connectivity index is 0.00000334.